The summed E-state index contributed by atoms with van der Waals surface area (Å²) in [6.07, 6.45) is 5.80. The van der Waals surface area contributed by atoms with Gasteiger partial charge in [0.2, 0.25) is 0 Å². The highest BCUT2D eigenvalue weighted by Crippen LogP contribution is 2.34. The molecule has 1 heterocycles. The fourth-order valence-corrected chi connectivity index (χ4v) is 2.56. The normalized spacial score (nSPS) is 10.4. The zero-order valence-corrected chi connectivity index (χ0v) is 13.0. The zero-order chi connectivity index (χ0) is 14.5. The minimum Gasteiger partial charge on any atom is -0.493 e. The van der Waals surface area contributed by atoms with Gasteiger partial charge in [-0.2, -0.15) is 5.10 Å². The highest BCUT2D eigenvalue weighted by Gasteiger charge is 2.10. The smallest absolute Gasteiger partial charge is 0.161 e. The van der Waals surface area contributed by atoms with Crippen LogP contribution in [0.5, 0.6) is 11.5 Å². The lowest BCUT2D eigenvalue weighted by Gasteiger charge is -2.14. The molecule has 0 aliphatic carbocycles. The van der Waals surface area contributed by atoms with Crippen molar-refractivity contribution in [3.8, 4) is 11.5 Å². The average Bonchev–Trinajstić information content (AvgIpc) is 2.89. The molecule has 0 atom stereocenters. The zero-order valence-electron chi connectivity index (χ0n) is 12.1. The van der Waals surface area contributed by atoms with Gasteiger partial charge in [-0.15, -0.1) is 11.8 Å². The standard InChI is InChI=1S/C14H19N3O2S/c1-17-9-11(8-16-17)15-7-10-5-12(18-2)13(19-3)6-14(10)20-4/h5-6,8-9,15H,7H2,1-4H3. The SMILES string of the molecule is COc1cc(CNc2cnn(C)c2)c(SC)cc1OC. The lowest BCUT2D eigenvalue weighted by Crippen LogP contribution is -2.02. The fourth-order valence-electron chi connectivity index (χ4n) is 1.94. The molecule has 0 fully saturated rings. The van der Waals surface area contributed by atoms with Gasteiger partial charge in [-0.05, 0) is 24.0 Å². The lowest BCUT2D eigenvalue weighted by atomic mass is 10.2. The largest absolute Gasteiger partial charge is 0.493 e. The molecule has 0 aliphatic heterocycles. The van der Waals surface area contributed by atoms with Gasteiger partial charge in [-0.3, -0.25) is 4.68 Å². The summed E-state index contributed by atoms with van der Waals surface area (Å²) in [6.45, 7) is 0.711. The van der Waals surface area contributed by atoms with Gasteiger partial charge in [0.1, 0.15) is 0 Å². The van der Waals surface area contributed by atoms with Gasteiger partial charge in [-0.25, -0.2) is 0 Å². The van der Waals surface area contributed by atoms with Gasteiger partial charge in [0.05, 0.1) is 26.1 Å². The maximum Gasteiger partial charge on any atom is 0.161 e. The van der Waals surface area contributed by atoms with Crippen LogP contribution in [0.3, 0.4) is 0 Å². The van der Waals surface area contributed by atoms with Crippen LogP contribution in [0, 0.1) is 0 Å². The van der Waals surface area contributed by atoms with Gasteiger partial charge in [0.15, 0.2) is 11.5 Å². The molecule has 0 saturated carbocycles. The number of nitrogens with zero attached hydrogens (tertiary/aromatic N) is 2. The second-order valence-electron chi connectivity index (χ2n) is 4.28. The summed E-state index contributed by atoms with van der Waals surface area (Å²) >= 11 is 1.69. The van der Waals surface area contributed by atoms with Crippen molar-refractivity contribution in [2.75, 3.05) is 25.8 Å². The Kier molecular flexibility index (Phi) is 4.79. The average molecular weight is 293 g/mol. The van der Waals surface area contributed by atoms with Crippen molar-refractivity contribution >= 4 is 17.4 Å². The molecule has 0 saturated heterocycles. The Morgan fingerprint density at radius 1 is 1.25 bits per heavy atom. The molecule has 108 valence electrons. The Balaban J connectivity index is 2.21. The maximum atomic E-state index is 5.35. The van der Waals surface area contributed by atoms with E-state index in [9.17, 15) is 0 Å². The van der Waals surface area contributed by atoms with Crippen molar-refractivity contribution < 1.29 is 9.47 Å². The molecule has 2 aromatic rings. The number of aromatic nitrogens is 2. The van der Waals surface area contributed by atoms with Crippen molar-refractivity contribution in [1.82, 2.24) is 9.78 Å². The van der Waals surface area contributed by atoms with Gasteiger partial charge in [0, 0.05) is 24.7 Å². The maximum absolute atomic E-state index is 5.35. The van der Waals surface area contributed by atoms with Crippen molar-refractivity contribution in [2.24, 2.45) is 7.05 Å². The molecule has 0 bridgehead atoms. The van der Waals surface area contributed by atoms with E-state index in [1.54, 1.807) is 36.9 Å². The second-order valence-corrected chi connectivity index (χ2v) is 5.12. The minimum atomic E-state index is 0.711. The highest BCUT2D eigenvalue weighted by atomic mass is 32.2. The Morgan fingerprint density at radius 3 is 2.50 bits per heavy atom. The molecule has 0 aliphatic rings. The summed E-state index contributed by atoms with van der Waals surface area (Å²) in [4.78, 5) is 1.17. The first-order valence-electron chi connectivity index (χ1n) is 6.19. The van der Waals surface area contributed by atoms with Crippen LogP contribution >= 0.6 is 11.8 Å². The fraction of sp³-hybridized carbons (Fsp3) is 0.357. The molecule has 6 heteroatoms. The van der Waals surface area contributed by atoms with Crippen LogP contribution in [0.15, 0.2) is 29.4 Å². The topological polar surface area (TPSA) is 48.3 Å². The molecule has 2 rings (SSSR count). The highest BCUT2D eigenvalue weighted by molar-refractivity contribution is 7.98. The van der Waals surface area contributed by atoms with E-state index in [2.05, 4.69) is 16.7 Å². The molecule has 0 amide bonds. The summed E-state index contributed by atoms with van der Waals surface area (Å²) < 4.78 is 12.5. The van der Waals surface area contributed by atoms with Crippen molar-refractivity contribution in [3.05, 3.63) is 30.1 Å². The number of ether oxygens (including phenoxy) is 2. The van der Waals surface area contributed by atoms with Crippen molar-refractivity contribution in [2.45, 2.75) is 11.4 Å². The van der Waals surface area contributed by atoms with E-state index in [-0.39, 0.29) is 0 Å². The van der Waals surface area contributed by atoms with Crippen LogP contribution < -0.4 is 14.8 Å². The van der Waals surface area contributed by atoms with Crippen molar-refractivity contribution in [1.29, 1.82) is 0 Å². The monoisotopic (exact) mass is 293 g/mol. The van der Waals surface area contributed by atoms with Crippen LogP contribution in [-0.4, -0.2) is 30.3 Å². The third-order valence-electron chi connectivity index (χ3n) is 2.97. The molecule has 1 N–H and O–H groups in total. The van der Waals surface area contributed by atoms with E-state index in [1.165, 1.54) is 10.5 Å². The molecule has 0 radical (unpaired) electrons. The molecule has 20 heavy (non-hydrogen) atoms. The van der Waals surface area contributed by atoms with Crippen LogP contribution in [0.25, 0.3) is 0 Å². The predicted octanol–water partition coefficient (Wildman–Crippen LogP) is 2.77. The van der Waals surface area contributed by atoms with Crippen LogP contribution in [0.4, 0.5) is 5.69 Å². The lowest BCUT2D eigenvalue weighted by molar-refractivity contribution is 0.353. The predicted molar refractivity (Wildman–Crippen MR) is 81.9 cm³/mol. The molecular formula is C14H19N3O2S. The van der Waals surface area contributed by atoms with Crippen LogP contribution in [0.2, 0.25) is 0 Å². The van der Waals surface area contributed by atoms with Crippen LogP contribution in [-0.2, 0) is 13.6 Å². The van der Waals surface area contributed by atoms with E-state index in [0.717, 1.165) is 17.2 Å². The summed E-state index contributed by atoms with van der Waals surface area (Å²) in [5, 5.41) is 7.49. The molecular weight excluding hydrogens is 274 g/mol. The Hall–Kier alpha value is -1.82. The van der Waals surface area contributed by atoms with Gasteiger partial charge in [0.25, 0.3) is 0 Å². The Bertz CT molecular complexity index is 584. The third-order valence-corrected chi connectivity index (χ3v) is 3.79. The number of hydrogen-bond donors (Lipinski definition) is 1. The number of methoxy groups -OCH3 is 2. The number of rotatable bonds is 6. The number of nitrogens with one attached hydrogen (secondary N) is 1. The number of benzene rings is 1. The Labute approximate surface area is 123 Å². The van der Waals surface area contributed by atoms with E-state index in [1.807, 2.05) is 25.4 Å². The van der Waals surface area contributed by atoms with E-state index in [0.29, 0.717) is 6.54 Å². The summed E-state index contributed by atoms with van der Waals surface area (Å²) in [5.74, 6) is 1.50. The first-order chi connectivity index (χ1) is 9.67. The first kappa shape index (κ1) is 14.6. The van der Waals surface area contributed by atoms with Gasteiger partial charge >= 0.3 is 0 Å². The van der Waals surface area contributed by atoms with E-state index < -0.39 is 0 Å². The number of aryl methyl sites for hydroxylation is 1. The van der Waals surface area contributed by atoms with E-state index >= 15 is 0 Å². The summed E-state index contributed by atoms with van der Waals surface area (Å²) in [5.41, 5.74) is 2.16. The second kappa shape index (κ2) is 6.56. The van der Waals surface area contributed by atoms with Gasteiger partial charge in [-0.1, -0.05) is 0 Å². The first-order valence-corrected chi connectivity index (χ1v) is 7.41. The molecule has 1 aromatic carbocycles. The summed E-state index contributed by atoms with van der Waals surface area (Å²) in [6, 6.07) is 4.01. The van der Waals surface area contributed by atoms with Crippen LogP contribution in [0.1, 0.15) is 5.56 Å². The number of anilines is 1. The van der Waals surface area contributed by atoms with E-state index in [4.69, 9.17) is 9.47 Å². The minimum absolute atomic E-state index is 0.711. The molecule has 1 aromatic heterocycles. The quantitative estimate of drug-likeness (QED) is 0.830. The number of hydrogen-bond acceptors (Lipinski definition) is 5. The van der Waals surface area contributed by atoms with Gasteiger partial charge < -0.3 is 14.8 Å². The van der Waals surface area contributed by atoms with Crippen molar-refractivity contribution in [3.63, 3.8) is 0 Å². The Morgan fingerprint density at radius 2 is 1.95 bits per heavy atom. The summed E-state index contributed by atoms with van der Waals surface area (Å²) in [7, 11) is 5.19. The molecule has 0 spiro atoms. The molecule has 5 nitrogen and oxygen atoms in total. The number of thioether (sulfide) groups is 1. The third kappa shape index (κ3) is 3.19. The molecule has 0 unspecified atom stereocenters.